The van der Waals surface area contributed by atoms with Crippen LogP contribution in [0.3, 0.4) is 0 Å². The molecule has 172 valence electrons. The number of carboxylic acids is 7. The molecular formula is C14H18Na2O16. The van der Waals surface area contributed by atoms with Crippen LogP contribution < -0.4 is 69.3 Å². The van der Waals surface area contributed by atoms with Crippen LogP contribution in [0.15, 0.2) is 0 Å². The van der Waals surface area contributed by atoms with E-state index in [1.807, 2.05) is 0 Å². The van der Waals surface area contributed by atoms with E-state index in [2.05, 4.69) is 0 Å². The van der Waals surface area contributed by atoms with Gasteiger partial charge >= 0.3 is 83.0 Å². The van der Waals surface area contributed by atoms with Gasteiger partial charge in [0.2, 0.25) is 0 Å². The zero-order valence-corrected chi connectivity index (χ0v) is 21.1. The van der Waals surface area contributed by atoms with Crippen molar-refractivity contribution in [2.24, 2.45) is 0 Å². The third-order valence-electron chi connectivity index (χ3n) is 2.56. The van der Waals surface area contributed by atoms with Gasteiger partial charge in [0.05, 0.1) is 12.8 Å². The number of carbonyl (C=O) groups excluding carboxylic acids is 2. The summed E-state index contributed by atoms with van der Waals surface area (Å²) in [6.07, 6.45) is -4.88. The average molecular weight is 488 g/mol. The molecule has 0 atom stereocenters. The molecule has 0 heterocycles. The first-order valence-electron chi connectivity index (χ1n) is 7.23. The largest absolute Gasteiger partial charge is 1.00 e. The van der Waals surface area contributed by atoms with Crippen LogP contribution in [0.2, 0.25) is 0 Å². The van der Waals surface area contributed by atoms with E-state index in [4.69, 9.17) is 40.5 Å². The van der Waals surface area contributed by atoms with Gasteiger partial charge in [0.15, 0.2) is 11.2 Å². The molecule has 32 heavy (non-hydrogen) atoms. The number of carbonyl (C=O) groups is 7. The summed E-state index contributed by atoms with van der Waals surface area (Å²) in [5, 5.41) is 78.4. The molecule has 0 saturated carbocycles. The molecule has 0 aliphatic rings. The maximum atomic E-state index is 10.3. The summed E-state index contributed by atoms with van der Waals surface area (Å²) < 4.78 is 0. The van der Waals surface area contributed by atoms with Crippen LogP contribution in [0, 0.1) is 0 Å². The third-order valence-corrected chi connectivity index (χ3v) is 2.56. The van der Waals surface area contributed by atoms with Gasteiger partial charge in [-0.05, 0) is 0 Å². The van der Waals surface area contributed by atoms with Gasteiger partial charge < -0.3 is 55.5 Å². The van der Waals surface area contributed by atoms with Gasteiger partial charge in [-0.25, -0.2) is 9.59 Å². The van der Waals surface area contributed by atoms with E-state index in [0.717, 1.165) is 6.92 Å². The van der Waals surface area contributed by atoms with Gasteiger partial charge in [0.25, 0.3) is 5.97 Å². The smallest absolute Gasteiger partial charge is 0.550 e. The first kappa shape index (κ1) is 40.6. The van der Waals surface area contributed by atoms with Crippen LogP contribution in [-0.2, 0) is 33.6 Å². The maximum absolute atomic E-state index is 10.3. The second kappa shape index (κ2) is 18.8. The van der Waals surface area contributed by atoms with Crippen LogP contribution in [0.25, 0.3) is 0 Å². The normalized spacial score (nSPS) is 9.59. The number of aliphatic carboxylic acids is 7. The van der Waals surface area contributed by atoms with Crippen molar-refractivity contribution in [2.45, 2.75) is 43.8 Å². The minimum absolute atomic E-state index is 0. The van der Waals surface area contributed by atoms with E-state index in [9.17, 15) is 39.0 Å². The van der Waals surface area contributed by atoms with Crippen molar-refractivity contribution in [2.75, 3.05) is 0 Å². The van der Waals surface area contributed by atoms with Crippen LogP contribution in [0.1, 0.15) is 32.6 Å². The summed E-state index contributed by atoms with van der Waals surface area (Å²) in [5.41, 5.74) is -5.60. The SMILES string of the molecule is CC(=O)O.O=C(O)CC(O)(CC(=O)O)C(=O)O.O=C([O-])CC(O)(CC(=O)[O-])C(=O)O.[Na+].[Na+]. The molecular weight excluding hydrogens is 470 g/mol. The molecule has 18 heteroatoms. The predicted octanol–water partition coefficient (Wildman–Crippen LogP) is -11.1. The summed E-state index contributed by atoms with van der Waals surface area (Å²) >= 11 is 0. The Labute approximate surface area is 223 Å². The molecule has 0 spiro atoms. The van der Waals surface area contributed by atoms with Crippen molar-refractivity contribution >= 4 is 41.8 Å². The van der Waals surface area contributed by atoms with Gasteiger partial charge in [0, 0.05) is 31.7 Å². The van der Waals surface area contributed by atoms with E-state index in [1.54, 1.807) is 0 Å². The molecule has 0 bridgehead atoms. The van der Waals surface area contributed by atoms with E-state index in [1.165, 1.54) is 0 Å². The molecule has 0 amide bonds. The van der Waals surface area contributed by atoms with Gasteiger partial charge in [-0.2, -0.15) is 0 Å². The Bertz CT molecular complexity index is 600. The Hall–Kier alpha value is -1.79. The number of carboxylic acid groups (broad SMARTS) is 7. The Morgan fingerprint density at radius 3 is 0.906 bits per heavy atom. The Kier molecular flexibility index (Phi) is 23.8. The standard InChI is InChI=1S/2C6H8O7.C2H4O2.2Na/c2*7-3(8)1-6(13,5(11)12)2-4(9)10;1-2(3)4;;/h2*13H,1-2H2,(H,7,8)(H,9,10)(H,11,12);1H3,(H,3,4);;/q;;;2*+1/p-2. The molecule has 0 radical (unpaired) electrons. The van der Waals surface area contributed by atoms with Gasteiger partial charge in [0.1, 0.15) is 0 Å². The number of aliphatic hydroxyl groups is 2. The monoisotopic (exact) mass is 488 g/mol. The number of hydrogen-bond acceptors (Lipinski definition) is 11. The molecule has 0 unspecified atom stereocenters. The minimum atomic E-state index is -2.86. The van der Waals surface area contributed by atoms with Crippen LogP contribution in [0.5, 0.6) is 0 Å². The second-order valence-corrected chi connectivity index (χ2v) is 5.43. The van der Waals surface area contributed by atoms with Crippen LogP contribution in [-0.4, -0.2) is 88.7 Å². The quantitative estimate of drug-likeness (QED) is 0.140. The second-order valence-electron chi connectivity index (χ2n) is 5.43. The van der Waals surface area contributed by atoms with E-state index >= 15 is 0 Å². The molecule has 0 aromatic rings. The van der Waals surface area contributed by atoms with E-state index < -0.39 is 78.7 Å². The Morgan fingerprint density at radius 1 is 0.594 bits per heavy atom. The van der Waals surface area contributed by atoms with Gasteiger partial charge in [-0.15, -0.1) is 0 Å². The average Bonchev–Trinajstić information content (AvgIpc) is 2.43. The van der Waals surface area contributed by atoms with Crippen LogP contribution >= 0.6 is 0 Å². The molecule has 0 aromatic carbocycles. The van der Waals surface area contributed by atoms with Crippen molar-refractivity contribution in [1.29, 1.82) is 0 Å². The van der Waals surface area contributed by atoms with Crippen molar-refractivity contribution in [3.05, 3.63) is 0 Å². The fourth-order valence-corrected chi connectivity index (χ4v) is 1.41. The molecule has 7 N–H and O–H groups in total. The Morgan fingerprint density at radius 2 is 0.781 bits per heavy atom. The third kappa shape index (κ3) is 22.9. The molecule has 0 aromatic heterocycles. The van der Waals surface area contributed by atoms with E-state index in [0.29, 0.717) is 0 Å². The summed E-state index contributed by atoms with van der Waals surface area (Å²) in [7, 11) is 0. The van der Waals surface area contributed by atoms with Crippen molar-refractivity contribution in [1.82, 2.24) is 0 Å². The fraction of sp³-hybridized carbons (Fsp3) is 0.500. The molecule has 16 nitrogen and oxygen atoms in total. The number of rotatable bonds is 10. The van der Waals surface area contributed by atoms with Gasteiger partial charge in [-0.3, -0.25) is 14.4 Å². The minimum Gasteiger partial charge on any atom is -0.550 e. The molecule has 0 fully saturated rings. The summed E-state index contributed by atoms with van der Waals surface area (Å²) in [5.74, 6) is -11.5. The van der Waals surface area contributed by atoms with Crippen molar-refractivity contribution in [3.8, 4) is 0 Å². The van der Waals surface area contributed by atoms with Crippen molar-refractivity contribution in [3.63, 3.8) is 0 Å². The predicted molar refractivity (Wildman–Crippen MR) is 82.2 cm³/mol. The molecule has 0 aliphatic carbocycles. The fourth-order valence-electron chi connectivity index (χ4n) is 1.41. The molecule has 0 aliphatic heterocycles. The van der Waals surface area contributed by atoms with Gasteiger partial charge in [-0.1, -0.05) is 0 Å². The zero-order valence-electron chi connectivity index (χ0n) is 17.1. The molecule has 0 rings (SSSR count). The summed E-state index contributed by atoms with van der Waals surface area (Å²) in [6.45, 7) is 1.08. The summed E-state index contributed by atoms with van der Waals surface area (Å²) in [6, 6.07) is 0. The first-order valence-corrected chi connectivity index (χ1v) is 7.23. The van der Waals surface area contributed by atoms with E-state index in [-0.39, 0.29) is 59.1 Å². The van der Waals surface area contributed by atoms with Crippen LogP contribution in [0.4, 0.5) is 0 Å². The topological polar surface area (TPSA) is 307 Å². The maximum Gasteiger partial charge on any atom is 1.00 e. The van der Waals surface area contributed by atoms with Crippen molar-refractivity contribution < 1.29 is 139 Å². The first-order chi connectivity index (χ1) is 13.3. The summed E-state index contributed by atoms with van der Waals surface area (Å²) in [4.78, 5) is 69.7. The Balaban J connectivity index is -0.000000123. The molecule has 0 saturated heterocycles. The number of hydrogen-bond donors (Lipinski definition) is 7. The zero-order chi connectivity index (χ0) is 24.9.